The highest BCUT2D eigenvalue weighted by molar-refractivity contribution is 4.90. The minimum atomic E-state index is 0.0118. The highest BCUT2D eigenvalue weighted by Crippen LogP contribution is 2.36. The number of aliphatic hydroxyl groups excluding tert-OH is 1. The summed E-state index contributed by atoms with van der Waals surface area (Å²) in [7, 11) is 2.18. The van der Waals surface area contributed by atoms with Crippen molar-refractivity contribution < 1.29 is 9.84 Å². The Balaban J connectivity index is 1.87. The SMILES string of the molecule is CC(C1CC1)N(C)CC1(CO)CCOC1. The van der Waals surface area contributed by atoms with Crippen LogP contribution in [-0.2, 0) is 4.74 Å². The standard InChI is InChI=1S/C12H23NO2/c1-10(11-3-4-11)13(2)7-12(8-14)5-6-15-9-12/h10-11,14H,3-9H2,1-2H3. The van der Waals surface area contributed by atoms with E-state index in [-0.39, 0.29) is 12.0 Å². The van der Waals surface area contributed by atoms with E-state index in [0.717, 1.165) is 32.1 Å². The van der Waals surface area contributed by atoms with Crippen molar-refractivity contribution >= 4 is 0 Å². The molecule has 0 bridgehead atoms. The molecule has 1 aliphatic carbocycles. The highest BCUT2D eigenvalue weighted by Gasteiger charge is 2.38. The van der Waals surface area contributed by atoms with Crippen LogP contribution in [0.1, 0.15) is 26.2 Å². The van der Waals surface area contributed by atoms with Gasteiger partial charge in [0.05, 0.1) is 13.2 Å². The molecule has 2 fully saturated rings. The van der Waals surface area contributed by atoms with Crippen LogP contribution in [0, 0.1) is 11.3 Å². The fourth-order valence-electron chi connectivity index (χ4n) is 2.56. The number of hydrogen-bond acceptors (Lipinski definition) is 3. The first kappa shape index (κ1) is 11.4. The van der Waals surface area contributed by atoms with Crippen molar-refractivity contribution in [1.82, 2.24) is 4.90 Å². The molecule has 0 radical (unpaired) electrons. The van der Waals surface area contributed by atoms with Gasteiger partial charge < -0.3 is 14.7 Å². The summed E-state index contributed by atoms with van der Waals surface area (Å²) < 4.78 is 5.42. The maximum atomic E-state index is 9.49. The van der Waals surface area contributed by atoms with Crippen LogP contribution >= 0.6 is 0 Å². The van der Waals surface area contributed by atoms with Gasteiger partial charge in [-0.3, -0.25) is 0 Å². The smallest absolute Gasteiger partial charge is 0.0557 e. The number of aliphatic hydroxyl groups is 1. The maximum absolute atomic E-state index is 9.49. The average molecular weight is 213 g/mol. The molecule has 88 valence electrons. The summed E-state index contributed by atoms with van der Waals surface area (Å²) in [5.41, 5.74) is 0.0118. The van der Waals surface area contributed by atoms with E-state index >= 15 is 0 Å². The summed E-state index contributed by atoms with van der Waals surface area (Å²) in [6.45, 7) is 5.08. The molecule has 2 aliphatic rings. The Kier molecular flexibility index (Phi) is 3.33. The number of ether oxygens (including phenoxy) is 1. The van der Waals surface area contributed by atoms with Crippen molar-refractivity contribution in [2.75, 3.05) is 33.4 Å². The first-order valence-electron chi connectivity index (χ1n) is 6.06. The Hall–Kier alpha value is -0.120. The van der Waals surface area contributed by atoms with E-state index in [4.69, 9.17) is 4.74 Å². The summed E-state index contributed by atoms with van der Waals surface area (Å²) in [6.07, 6.45) is 3.77. The molecule has 0 spiro atoms. The molecule has 3 heteroatoms. The third-order valence-corrected chi connectivity index (χ3v) is 4.10. The molecule has 1 aliphatic heterocycles. The lowest BCUT2D eigenvalue weighted by atomic mass is 9.87. The third kappa shape index (κ3) is 2.52. The number of hydrogen-bond donors (Lipinski definition) is 1. The van der Waals surface area contributed by atoms with Crippen LogP contribution in [0.4, 0.5) is 0 Å². The summed E-state index contributed by atoms with van der Waals surface area (Å²) in [5, 5.41) is 9.49. The second-order valence-electron chi connectivity index (χ2n) is 5.45. The van der Waals surface area contributed by atoms with Gasteiger partial charge in [0, 0.05) is 24.6 Å². The largest absolute Gasteiger partial charge is 0.396 e. The molecule has 0 aromatic rings. The van der Waals surface area contributed by atoms with Crippen molar-refractivity contribution in [3.63, 3.8) is 0 Å². The zero-order valence-electron chi connectivity index (χ0n) is 9.91. The molecule has 1 N–H and O–H groups in total. The molecular formula is C12H23NO2. The van der Waals surface area contributed by atoms with E-state index in [0.29, 0.717) is 6.04 Å². The molecule has 0 amide bonds. The van der Waals surface area contributed by atoms with E-state index in [1.807, 2.05) is 0 Å². The molecular weight excluding hydrogens is 190 g/mol. The fraction of sp³-hybridized carbons (Fsp3) is 1.00. The van der Waals surface area contributed by atoms with E-state index in [2.05, 4.69) is 18.9 Å². The van der Waals surface area contributed by atoms with Gasteiger partial charge in [0.15, 0.2) is 0 Å². The summed E-state index contributed by atoms with van der Waals surface area (Å²) >= 11 is 0. The van der Waals surface area contributed by atoms with Crippen LogP contribution in [0.3, 0.4) is 0 Å². The summed E-state index contributed by atoms with van der Waals surface area (Å²) in [4.78, 5) is 2.41. The minimum absolute atomic E-state index is 0.0118. The normalized spacial score (nSPS) is 33.6. The first-order valence-corrected chi connectivity index (χ1v) is 6.06. The van der Waals surface area contributed by atoms with Crippen molar-refractivity contribution in [2.45, 2.75) is 32.2 Å². The molecule has 1 saturated heterocycles. The molecule has 1 heterocycles. The molecule has 0 aromatic carbocycles. The molecule has 3 nitrogen and oxygen atoms in total. The quantitative estimate of drug-likeness (QED) is 0.743. The predicted octanol–water partition coefficient (Wildman–Crippen LogP) is 1.12. The number of rotatable bonds is 5. The van der Waals surface area contributed by atoms with Crippen LogP contribution in [0.5, 0.6) is 0 Å². The molecule has 15 heavy (non-hydrogen) atoms. The third-order valence-electron chi connectivity index (χ3n) is 4.10. The van der Waals surface area contributed by atoms with Gasteiger partial charge in [-0.1, -0.05) is 0 Å². The summed E-state index contributed by atoms with van der Waals surface area (Å²) in [6, 6.07) is 0.661. The Morgan fingerprint density at radius 3 is 2.73 bits per heavy atom. The lowest BCUT2D eigenvalue weighted by Gasteiger charge is -2.34. The van der Waals surface area contributed by atoms with Gasteiger partial charge in [-0.05, 0) is 39.2 Å². The summed E-state index contributed by atoms with van der Waals surface area (Å²) in [5.74, 6) is 0.896. The lowest BCUT2D eigenvalue weighted by molar-refractivity contribution is 0.0510. The second kappa shape index (κ2) is 4.40. The lowest BCUT2D eigenvalue weighted by Crippen LogP contribution is -2.43. The van der Waals surface area contributed by atoms with Crippen molar-refractivity contribution in [3.05, 3.63) is 0 Å². The van der Waals surface area contributed by atoms with Gasteiger partial charge in [-0.15, -0.1) is 0 Å². The van der Waals surface area contributed by atoms with Crippen LogP contribution in [0.2, 0.25) is 0 Å². The monoisotopic (exact) mass is 213 g/mol. The zero-order chi connectivity index (χ0) is 10.9. The minimum Gasteiger partial charge on any atom is -0.396 e. The Bertz CT molecular complexity index is 210. The van der Waals surface area contributed by atoms with Gasteiger partial charge in [-0.2, -0.15) is 0 Å². The molecule has 1 saturated carbocycles. The first-order chi connectivity index (χ1) is 7.17. The van der Waals surface area contributed by atoms with Crippen molar-refractivity contribution in [3.8, 4) is 0 Å². The van der Waals surface area contributed by atoms with E-state index in [9.17, 15) is 5.11 Å². The van der Waals surface area contributed by atoms with Gasteiger partial charge in [-0.25, -0.2) is 0 Å². The van der Waals surface area contributed by atoms with Gasteiger partial charge >= 0.3 is 0 Å². The van der Waals surface area contributed by atoms with Crippen LogP contribution in [-0.4, -0.2) is 49.5 Å². The van der Waals surface area contributed by atoms with Crippen LogP contribution < -0.4 is 0 Å². The zero-order valence-corrected chi connectivity index (χ0v) is 9.91. The Morgan fingerprint density at radius 2 is 2.27 bits per heavy atom. The Labute approximate surface area is 92.4 Å². The number of nitrogens with zero attached hydrogens (tertiary/aromatic N) is 1. The molecule has 2 atom stereocenters. The van der Waals surface area contributed by atoms with Crippen LogP contribution in [0.25, 0.3) is 0 Å². The molecule has 0 aromatic heterocycles. The second-order valence-corrected chi connectivity index (χ2v) is 5.45. The highest BCUT2D eigenvalue weighted by atomic mass is 16.5. The van der Waals surface area contributed by atoms with Gasteiger partial charge in [0.25, 0.3) is 0 Å². The molecule has 2 rings (SSSR count). The fourth-order valence-corrected chi connectivity index (χ4v) is 2.56. The Morgan fingerprint density at radius 1 is 1.53 bits per heavy atom. The van der Waals surface area contributed by atoms with E-state index < -0.39 is 0 Å². The molecule has 2 unspecified atom stereocenters. The van der Waals surface area contributed by atoms with Gasteiger partial charge in [0.1, 0.15) is 0 Å². The van der Waals surface area contributed by atoms with E-state index in [1.54, 1.807) is 0 Å². The van der Waals surface area contributed by atoms with Crippen molar-refractivity contribution in [2.24, 2.45) is 11.3 Å². The maximum Gasteiger partial charge on any atom is 0.0557 e. The topological polar surface area (TPSA) is 32.7 Å². The van der Waals surface area contributed by atoms with Gasteiger partial charge in [0.2, 0.25) is 0 Å². The van der Waals surface area contributed by atoms with Crippen molar-refractivity contribution in [1.29, 1.82) is 0 Å². The van der Waals surface area contributed by atoms with E-state index in [1.165, 1.54) is 12.8 Å². The van der Waals surface area contributed by atoms with Crippen LogP contribution in [0.15, 0.2) is 0 Å². The average Bonchev–Trinajstić information content (AvgIpc) is 2.99. The predicted molar refractivity (Wildman–Crippen MR) is 59.8 cm³/mol.